The minimum absolute atomic E-state index is 0.0733. The highest BCUT2D eigenvalue weighted by Crippen LogP contribution is 2.42. The Morgan fingerprint density at radius 3 is 2.47 bits per heavy atom. The lowest BCUT2D eigenvalue weighted by molar-refractivity contribution is 0.0873. The van der Waals surface area contributed by atoms with Crippen molar-refractivity contribution in [2.75, 3.05) is 6.73 Å². The predicted octanol–water partition coefficient (Wildman–Crippen LogP) is 7.26. The summed E-state index contributed by atoms with van der Waals surface area (Å²) in [6, 6.07) is 17.5. The molecule has 0 N–H and O–H groups in total. The zero-order valence-corrected chi connectivity index (χ0v) is 20.8. The molecule has 34 heavy (non-hydrogen) atoms. The maximum Gasteiger partial charge on any atom is 0.231 e. The Labute approximate surface area is 209 Å². The van der Waals surface area contributed by atoms with Crippen molar-refractivity contribution in [1.29, 1.82) is 0 Å². The number of carbonyl (C=O) groups excluding carboxylic acids is 1. The van der Waals surface area contributed by atoms with Crippen molar-refractivity contribution in [3.63, 3.8) is 0 Å². The van der Waals surface area contributed by atoms with E-state index < -0.39 is 0 Å². The summed E-state index contributed by atoms with van der Waals surface area (Å²) in [6.45, 7) is 8.20. The van der Waals surface area contributed by atoms with Gasteiger partial charge in [-0.3, -0.25) is 9.69 Å². The summed E-state index contributed by atoms with van der Waals surface area (Å²) in [6.07, 6.45) is 1.80. The number of fused-ring (bicyclic) bond motifs is 3. The number of carbonyl (C=O) groups is 1. The summed E-state index contributed by atoms with van der Waals surface area (Å²) in [4.78, 5) is 15.2. The second-order valence-electron chi connectivity index (χ2n) is 9.74. The van der Waals surface area contributed by atoms with Crippen LogP contribution in [0.1, 0.15) is 53.4 Å². The number of Topliss-reactive ketones (excluding diaryl/α,β-unsaturated/α-hetero) is 1. The van der Waals surface area contributed by atoms with E-state index in [1.54, 1.807) is 18.2 Å². The molecule has 174 valence electrons. The molecule has 0 spiro atoms. The fraction of sp³-hybridized carbons (Fsp3) is 0.250. The molecule has 3 aromatic rings. The molecule has 0 saturated carbocycles. The van der Waals surface area contributed by atoms with Crippen molar-refractivity contribution in [2.24, 2.45) is 0 Å². The zero-order valence-electron chi connectivity index (χ0n) is 19.3. The highest BCUT2D eigenvalue weighted by molar-refractivity contribution is 6.42. The van der Waals surface area contributed by atoms with Gasteiger partial charge in [0.25, 0.3) is 0 Å². The first-order chi connectivity index (χ1) is 16.2. The van der Waals surface area contributed by atoms with E-state index in [2.05, 4.69) is 37.8 Å². The van der Waals surface area contributed by atoms with Gasteiger partial charge < -0.3 is 9.47 Å². The van der Waals surface area contributed by atoms with Crippen LogP contribution in [0.4, 0.5) is 0 Å². The normalized spacial score (nSPS) is 16.7. The van der Waals surface area contributed by atoms with Gasteiger partial charge in [0.05, 0.1) is 21.2 Å². The largest absolute Gasteiger partial charge is 0.478 e. The van der Waals surface area contributed by atoms with E-state index in [1.165, 1.54) is 5.56 Å². The van der Waals surface area contributed by atoms with Crippen molar-refractivity contribution >= 4 is 35.1 Å². The van der Waals surface area contributed by atoms with Crippen LogP contribution in [0.5, 0.6) is 11.5 Å². The third kappa shape index (κ3) is 4.46. The van der Waals surface area contributed by atoms with Crippen molar-refractivity contribution < 1.29 is 14.3 Å². The van der Waals surface area contributed by atoms with Crippen molar-refractivity contribution in [3.05, 3.63) is 98.2 Å². The van der Waals surface area contributed by atoms with Crippen LogP contribution >= 0.6 is 23.2 Å². The van der Waals surface area contributed by atoms with Gasteiger partial charge in [-0.1, -0.05) is 74.3 Å². The molecule has 0 amide bonds. The van der Waals surface area contributed by atoms with Crippen LogP contribution in [0.15, 0.2) is 60.4 Å². The van der Waals surface area contributed by atoms with E-state index in [-0.39, 0.29) is 11.2 Å². The van der Waals surface area contributed by atoms with Gasteiger partial charge in [0.2, 0.25) is 5.78 Å². The number of nitrogens with zero attached hydrogens (tertiary/aromatic N) is 1. The summed E-state index contributed by atoms with van der Waals surface area (Å²) >= 11 is 12.2. The van der Waals surface area contributed by atoms with Crippen LogP contribution < -0.4 is 9.47 Å². The van der Waals surface area contributed by atoms with Gasteiger partial charge in [-0.15, -0.1) is 0 Å². The molecule has 4 nitrogen and oxygen atoms in total. The molecule has 6 heteroatoms. The maximum absolute atomic E-state index is 13.1. The Hall–Kier alpha value is -2.79. The molecule has 0 saturated heterocycles. The summed E-state index contributed by atoms with van der Waals surface area (Å²) in [5, 5.41) is 1.06. The van der Waals surface area contributed by atoms with Gasteiger partial charge in [-0.05, 0) is 52.4 Å². The Bertz CT molecular complexity index is 1310. The van der Waals surface area contributed by atoms with Crippen molar-refractivity contribution in [3.8, 4) is 11.5 Å². The quantitative estimate of drug-likeness (QED) is 0.359. The highest BCUT2D eigenvalue weighted by atomic mass is 35.5. The van der Waals surface area contributed by atoms with Gasteiger partial charge in [0.1, 0.15) is 18.2 Å². The molecular weight excluding hydrogens is 469 g/mol. The average Bonchev–Trinajstić information content (AvgIpc) is 3.12. The number of benzene rings is 3. The molecule has 2 heterocycles. The second-order valence-corrected chi connectivity index (χ2v) is 10.6. The topological polar surface area (TPSA) is 38.8 Å². The first kappa shape index (κ1) is 23.0. The molecule has 0 unspecified atom stereocenters. The first-order valence-corrected chi connectivity index (χ1v) is 11.9. The zero-order chi connectivity index (χ0) is 24.0. The molecule has 0 aliphatic carbocycles. The van der Waals surface area contributed by atoms with Gasteiger partial charge >= 0.3 is 0 Å². The molecule has 0 fully saturated rings. The highest BCUT2D eigenvalue weighted by Gasteiger charge is 2.33. The van der Waals surface area contributed by atoms with Crippen LogP contribution in [-0.4, -0.2) is 17.4 Å². The Balaban J connectivity index is 1.38. The summed E-state index contributed by atoms with van der Waals surface area (Å²) < 4.78 is 12.1. The van der Waals surface area contributed by atoms with Crippen LogP contribution in [-0.2, 0) is 18.5 Å². The smallest absolute Gasteiger partial charge is 0.231 e. The van der Waals surface area contributed by atoms with Crippen molar-refractivity contribution in [1.82, 2.24) is 4.90 Å². The molecule has 3 aromatic carbocycles. The van der Waals surface area contributed by atoms with E-state index in [1.807, 2.05) is 30.3 Å². The van der Waals surface area contributed by atoms with E-state index in [9.17, 15) is 4.79 Å². The minimum atomic E-state index is -0.112. The third-order valence-electron chi connectivity index (χ3n) is 6.15. The molecule has 2 aliphatic heterocycles. The molecule has 2 aliphatic rings. The minimum Gasteiger partial charge on any atom is -0.478 e. The Morgan fingerprint density at radius 1 is 1.00 bits per heavy atom. The van der Waals surface area contributed by atoms with Crippen LogP contribution in [0.2, 0.25) is 10.0 Å². The number of ketones is 1. The van der Waals surface area contributed by atoms with Gasteiger partial charge in [-0.2, -0.15) is 0 Å². The molecular formula is C28H25Cl2NO3. The molecule has 5 rings (SSSR count). The van der Waals surface area contributed by atoms with E-state index >= 15 is 0 Å². The fourth-order valence-corrected chi connectivity index (χ4v) is 4.55. The molecule has 0 bridgehead atoms. The van der Waals surface area contributed by atoms with Gasteiger partial charge in [0.15, 0.2) is 5.76 Å². The summed E-state index contributed by atoms with van der Waals surface area (Å²) in [5.74, 6) is 1.54. The lowest BCUT2D eigenvalue weighted by atomic mass is 9.86. The average molecular weight is 494 g/mol. The molecule has 0 radical (unpaired) electrons. The number of ether oxygens (including phenoxy) is 2. The van der Waals surface area contributed by atoms with Crippen molar-refractivity contribution in [2.45, 2.75) is 39.3 Å². The number of rotatable bonds is 3. The number of hydrogen-bond donors (Lipinski definition) is 0. The van der Waals surface area contributed by atoms with Gasteiger partial charge in [0, 0.05) is 13.1 Å². The molecule has 0 aromatic heterocycles. The lowest BCUT2D eigenvalue weighted by Gasteiger charge is -2.29. The molecule has 0 atom stereocenters. The predicted molar refractivity (Wildman–Crippen MR) is 136 cm³/mol. The Kier molecular flexibility index (Phi) is 5.93. The standard InChI is InChI=1S/C28H25Cl2NO3/c1-28(2,3)19-7-4-17(5-8-19)13-25-26(32)20-9-11-24-21(27(20)34-25)15-31(16-33-24)14-18-6-10-22(29)23(30)12-18/h4-13H,14-16H2,1-3H3/b25-13-. The maximum atomic E-state index is 13.1. The second kappa shape index (κ2) is 8.77. The number of allylic oxidation sites excluding steroid dienone is 1. The summed E-state index contributed by atoms with van der Waals surface area (Å²) in [5.41, 5.74) is 4.72. The van der Waals surface area contributed by atoms with Crippen LogP contribution in [0.3, 0.4) is 0 Å². The lowest BCUT2D eigenvalue weighted by Crippen LogP contribution is -2.31. The number of halogens is 2. The monoisotopic (exact) mass is 493 g/mol. The van der Waals surface area contributed by atoms with Gasteiger partial charge in [-0.25, -0.2) is 0 Å². The van der Waals surface area contributed by atoms with E-state index in [4.69, 9.17) is 32.7 Å². The summed E-state index contributed by atoms with van der Waals surface area (Å²) in [7, 11) is 0. The van der Waals surface area contributed by atoms with Crippen LogP contribution in [0.25, 0.3) is 6.08 Å². The van der Waals surface area contributed by atoms with Crippen LogP contribution in [0, 0.1) is 0 Å². The van der Waals surface area contributed by atoms with E-state index in [0.717, 1.165) is 22.4 Å². The number of hydrogen-bond acceptors (Lipinski definition) is 4. The Morgan fingerprint density at radius 2 is 1.76 bits per heavy atom. The third-order valence-corrected chi connectivity index (χ3v) is 6.89. The fourth-order valence-electron chi connectivity index (χ4n) is 4.23. The van der Waals surface area contributed by atoms with E-state index in [0.29, 0.717) is 46.9 Å². The first-order valence-electron chi connectivity index (χ1n) is 11.2. The SMILES string of the molecule is CC(C)(C)c1ccc(/C=C2\Oc3c(ccc4c3CN(Cc3ccc(Cl)c(Cl)c3)CO4)C2=O)cc1.